The van der Waals surface area contributed by atoms with Crippen molar-refractivity contribution in [2.45, 2.75) is 19.4 Å². The van der Waals surface area contributed by atoms with Crippen LogP contribution in [0.3, 0.4) is 0 Å². The van der Waals surface area contributed by atoms with E-state index in [1.807, 2.05) is 6.92 Å². The number of hydrogen-bond acceptors (Lipinski definition) is 4. The number of aromatic carboxylic acids is 1. The van der Waals surface area contributed by atoms with Gasteiger partial charge in [-0.05, 0) is 6.92 Å². The Labute approximate surface area is 74.0 Å². The molecule has 1 atom stereocenters. The third-order valence-corrected chi connectivity index (χ3v) is 2.14. The maximum atomic E-state index is 10.4. The van der Waals surface area contributed by atoms with Crippen molar-refractivity contribution in [3.8, 4) is 0 Å². The summed E-state index contributed by atoms with van der Waals surface area (Å²) in [6.45, 7) is 1.86. The molecule has 0 aliphatic heterocycles. The number of carbonyl (C=O) groups is 1. The van der Waals surface area contributed by atoms with E-state index in [2.05, 4.69) is 4.98 Å². The average molecular weight is 186 g/mol. The summed E-state index contributed by atoms with van der Waals surface area (Å²) in [5.74, 6) is -0.984. The van der Waals surface area contributed by atoms with Crippen LogP contribution in [0.15, 0.2) is 5.38 Å². The van der Waals surface area contributed by atoms with Crippen molar-refractivity contribution < 1.29 is 9.90 Å². The zero-order valence-corrected chi connectivity index (χ0v) is 7.47. The van der Waals surface area contributed by atoms with Crippen LogP contribution in [0.1, 0.15) is 22.4 Å². The number of nitrogens with zero attached hydrogens (tertiary/aromatic N) is 1. The summed E-state index contributed by atoms with van der Waals surface area (Å²) in [4.78, 5) is 14.3. The highest BCUT2D eigenvalue weighted by Gasteiger charge is 2.09. The number of carboxylic acids is 1. The lowest BCUT2D eigenvalue weighted by Crippen LogP contribution is -2.17. The normalized spacial score (nSPS) is 12.8. The van der Waals surface area contributed by atoms with Gasteiger partial charge in [-0.15, -0.1) is 11.3 Å². The molecule has 4 nitrogen and oxygen atoms in total. The lowest BCUT2D eigenvalue weighted by molar-refractivity contribution is 0.0691. The van der Waals surface area contributed by atoms with Gasteiger partial charge in [0.1, 0.15) is 0 Å². The van der Waals surface area contributed by atoms with E-state index in [1.165, 1.54) is 16.7 Å². The van der Waals surface area contributed by atoms with Crippen molar-refractivity contribution in [3.63, 3.8) is 0 Å². The van der Waals surface area contributed by atoms with Crippen molar-refractivity contribution in [1.82, 2.24) is 4.98 Å². The molecule has 0 fully saturated rings. The molecule has 5 heteroatoms. The molecule has 0 saturated carbocycles. The zero-order valence-electron chi connectivity index (χ0n) is 6.65. The molecule has 0 amide bonds. The van der Waals surface area contributed by atoms with Crippen molar-refractivity contribution in [3.05, 3.63) is 16.1 Å². The van der Waals surface area contributed by atoms with E-state index in [1.54, 1.807) is 0 Å². The Bertz CT molecular complexity index is 283. The standard InChI is InChI=1S/C7H10N2O2S/c1-4(8)2-6-9-5(3-12-6)7(10)11/h3-4H,2,8H2,1H3,(H,10,11). The quantitative estimate of drug-likeness (QED) is 0.729. The van der Waals surface area contributed by atoms with Crippen molar-refractivity contribution in [2.24, 2.45) is 5.73 Å². The SMILES string of the molecule is CC(N)Cc1nc(C(=O)O)cs1. The molecule has 1 aromatic heterocycles. The molecular weight excluding hydrogens is 176 g/mol. The molecule has 66 valence electrons. The Balaban J connectivity index is 2.71. The highest BCUT2D eigenvalue weighted by Crippen LogP contribution is 2.10. The minimum Gasteiger partial charge on any atom is -0.476 e. The first-order chi connectivity index (χ1) is 5.59. The Hall–Kier alpha value is -0.940. The largest absolute Gasteiger partial charge is 0.476 e. The number of thiazole rings is 1. The van der Waals surface area contributed by atoms with Crippen LogP contribution >= 0.6 is 11.3 Å². The second-order valence-corrected chi connectivity index (χ2v) is 3.56. The van der Waals surface area contributed by atoms with Gasteiger partial charge in [-0.3, -0.25) is 0 Å². The Morgan fingerprint density at radius 1 is 1.92 bits per heavy atom. The number of rotatable bonds is 3. The summed E-state index contributed by atoms with van der Waals surface area (Å²) in [5.41, 5.74) is 5.64. The van der Waals surface area contributed by atoms with E-state index in [0.29, 0.717) is 6.42 Å². The fourth-order valence-electron chi connectivity index (χ4n) is 0.778. The molecule has 0 bridgehead atoms. The van der Waals surface area contributed by atoms with Gasteiger partial charge in [0.2, 0.25) is 0 Å². The predicted molar refractivity (Wildman–Crippen MR) is 46.4 cm³/mol. The summed E-state index contributed by atoms with van der Waals surface area (Å²) in [6, 6.07) is 0.0257. The van der Waals surface area contributed by atoms with E-state index >= 15 is 0 Å². The van der Waals surface area contributed by atoms with Gasteiger partial charge in [-0.25, -0.2) is 9.78 Å². The molecule has 0 aromatic carbocycles. The molecule has 3 N–H and O–H groups in total. The van der Waals surface area contributed by atoms with Crippen LogP contribution in [0, 0.1) is 0 Å². The van der Waals surface area contributed by atoms with Gasteiger partial charge in [0, 0.05) is 17.8 Å². The molecule has 0 aliphatic carbocycles. The molecule has 1 rings (SSSR count). The van der Waals surface area contributed by atoms with E-state index in [-0.39, 0.29) is 11.7 Å². The lowest BCUT2D eigenvalue weighted by atomic mass is 10.3. The molecular formula is C7H10N2O2S. The Kier molecular flexibility index (Phi) is 2.78. The number of hydrogen-bond donors (Lipinski definition) is 2. The highest BCUT2D eigenvalue weighted by atomic mass is 32.1. The summed E-state index contributed by atoms with van der Waals surface area (Å²) in [7, 11) is 0. The minimum atomic E-state index is -0.984. The van der Waals surface area contributed by atoms with Crippen molar-refractivity contribution in [1.29, 1.82) is 0 Å². The Morgan fingerprint density at radius 2 is 2.58 bits per heavy atom. The second kappa shape index (κ2) is 3.64. The van der Waals surface area contributed by atoms with E-state index in [0.717, 1.165) is 5.01 Å². The average Bonchev–Trinajstić information content (AvgIpc) is 2.34. The zero-order chi connectivity index (χ0) is 9.14. The van der Waals surface area contributed by atoms with Gasteiger partial charge in [0.15, 0.2) is 5.69 Å². The Morgan fingerprint density at radius 3 is 3.00 bits per heavy atom. The van der Waals surface area contributed by atoms with Gasteiger partial charge >= 0.3 is 5.97 Å². The fourth-order valence-corrected chi connectivity index (χ4v) is 1.69. The maximum Gasteiger partial charge on any atom is 0.355 e. The monoisotopic (exact) mass is 186 g/mol. The first-order valence-corrected chi connectivity index (χ1v) is 4.41. The molecule has 0 saturated heterocycles. The first kappa shape index (κ1) is 9.15. The van der Waals surface area contributed by atoms with Crippen LogP contribution < -0.4 is 5.73 Å². The number of aromatic nitrogens is 1. The van der Waals surface area contributed by atoms with E-state index < -0.39 is 5.97 Å². The topological polar surface area (TPSA) is 76.2 Å². The highest BCUT2D eigenvalue weighted by molar-refractivity contribution is 7.09. The van der Waals surface area contributed by atoms with E-state index in [4.69, 9.17) is 10.8 Å². The van der Waals surface area contributed by atoms with Gasteiger partial charge in [0.25, 0.3) is 0 Å². The van der Waals surface area contributed by atoms with Gasteiger partial charge in [-0.1, -0.05) is 0 Å². The third kappa shape index (κ3) is 2.28. The molecule has 1 unspecified atom stereocenters. The van der Waals surface area contributed by atoms with Gasteiger partial charge in [0.05, 0.1) is 5.01 Å². The molecule has 1 heterocycles. The third-order valence-electron chi connectivity index (χ3n) is 1.27. The summed E-state index contributed by atoms with van der Waals surface area (Å²) < 4.78 is 0. The molecule has 0 spiro atoms. The second-order valence-electron chi connectivity index (χ2n) is 2.61. The van der Waals surface area contributed by atoms with Gasteiger partial charge < -0.3 is 10.8 Å². The molecule has 12 heavy (non-hydrogen) atoms. The summed E-state index contributed by atoms with van der Waals surface area (Å²) in [5, 5.41) is 10.9. The molecule has 1 aromatic rings. The summed E-state index contributed by atoms with van der Waals surface area (Å²) in [6.07, 6.45) is 0.637. The van der Waals surface area contributed by atoms with Crippen LogP contribution in [-0.2, 0) is 6.42 Å². The maximum absolute atomic E-state index is 10.4. The predicted octanol–water partition coefficient (Wildman–Crippen LogP) is 0.731. The number of carboxylic acid groups (broad SMARTS) is 1. The lowest BCUT2D eigenvalue weighted by Gasteiger charge is -1.98. The fraction of sp³-hybridized carbons (Fsp3) is 0.429. The summed E-state index contributed by atoms with van der Waals surface area (Å²) >= 11 is 1.33. The van der Waals surface area contributed by atoms with Crippen LogP contribution in [0.5, 0.6) is 0 Å². The van der Waals surface area contributed by atoms with Crippen LogP contribution in [0.4, 0.5) is 0 Å². The van der Waals surface area contributed by atoms with Gasteiger partial charge in [-0.2, -0.15) is 0 Å². The van der Waals surface area contributed by atoms with E-state index in [9.17, 15) is 4.79 Å². The minimum absolute atomic E-state index is 0.0257. The molecule has 0 aliphatic rings. The smallest absolute Gasteiger partial charge is 0.355 e. The van der Waals surface area contributed by atoms with Crippen molar-refractivity contribution in [2.75, 3.05) is 0 Å². The molecule has 0 radical (unpaired) electrons. The van der Waals surface area contributed by atoms with Crippen LogP contribution in [-0.4, -0.2) is 22.1 Å². The number of nitrogens with two attached hydrogens (primary N) is 1. The van der Waals surface area contributed by atoms with Crippen molar-refractivity contribution >= 4 is 17.3 Å². The van der Waals surface area contributed by atoms with Crippen LogP contribution in [0.2, 0.25) is 0 Å². The van der Waals surface area contributed by atoms with Crippen LogP contribution in [0.25, 0.3) is 0 Å². The first-order valence-electron chi connectivity index (χ1n) is 3.53.